The zero-order chi connectivity index (χ0) is 22.8. The van der Waals surface area contributed by atoms with Gasteiger partial charge in [0.2, 0.25) is 5.78 Å². The Bertz CT molecular complexity index is 1220. The lowest BCUT2D eigenvalue weighted by atomic mass is 10.1. The monoisotopic (exact) mass is 435 g/mol. The molecule has 2 heterocycles. The highest BCUT2D eigenvalue weighted by Crippen LogP contribution is 2.36. The van der Waals surface area contributed by atoms with Crippen molar-refractivity contribution in [1.29, 1.82) is 0 Å². The van der Waals surface area contributed by atoms with Crippen molar-refractivity contribution in [2.75, 3.05) is 13.7 Å². The number of carbonyl (C=O) groups excluding carboxylic acids is 2. The first kappa shape index (κ1) is 21.5. The first-order valence-electron chi connectivity index (χ1n) is 10.5. The van der Waals surface area contributed by atoms with Crippen LogP contribution in [0, 0.1) is 0 Å². The number of rotatable bonds is 7. The lowest BCUT2D eigenvalue weighted by molar-refractivity contribution is -0.149. The van der Waals surface area contributed by atoms with Gasteiger partial charge < -0.3 is 23.5 Å². The molecule has 0 saturated carbocycles. The molecule has 0 atom stereocenters. The average molecular weight is 435 g/mol. The highest BCUT2D eigenvalue weighted by Gasteiger charge is 2.28. The van der Waals surface area contributed by atoms with Gasteiger partial charge in [0.05, 0.1) is 18.8 Å². The van der Waals surface area contributed by atoms with E-state index in [4.69, 9.17) is 18.9 Å². The Kier molecular flexibility index (Phi) is 5.90. The third-order valence-corrected chi connectivity index (χ3v) is 5.11. The van der Waals surface area contributed by atoms with Crippen LogP contribution in [0.5, 0.6) is 17.2 Å². The molecule has 4 rings (SSSR count). The number of fused-ring (bicyclic) bond motifs is 2. The van der Waals surface area contributed by atoms with Crippen molar-refractivity contribution in [3.8, 4) is 17.2 Å². The van der Waals surface area contributed by atoms with E-state index >= 15 is 0 Å². The van der Waals surface area contributed by atoms with Crippen molar-refractivity contribution in [3.05, 3.63) is 59.5 Å². The first-order valence-corrected chi connectivity index (χ1v) is 10.5. The van der Waals surface area contributed by atoms with E-state index in [1.807, 2.05) is 24.4 Å². The fraction of sp³-hybridized carbons (Fsp3) is 0.280. The summed E-state index contributed by atoms with van der Waals surface area (Å²) in [5.74, 6) is 1.13. The molecule has 0 amide bonds. The fourth-order valence-corrected chi connectivity index (χ4v) is 3.64. The summed E-state index contributed by atoms with van der Waals surface area (Å²) in [4.78, 5) is 24.6. The number of methoxy groups -OCH3 is 1. The maximum absolute atomic E-state index is 12.9. The van der Waals surface area contributed by atoms with Crippen molar-refractivity contribution in [3.63, 3.8) is 0 Å². The maximum atomic E-state index is 12.9. The average Bonchev–Trinajstić information content (AvgIpc) is 3.28. The molecule has 0 aliphatic carbocycles. The molecule has 0 saturated heterocycles. The van der Waals surface area contributed by atoms with Gasteiger partial charge in [-0.2, -0.15) is 0 Å². The first-order chi connectivity index (χ1) is 15.4. The van der Waals surface area contributed by atoms with Crippen molar-refractivity contribution >= 4 is 28.7 Å². The van der Waals surface area contributed by atoms with E-state index in [1.165, 1.54) is 0 Å². The number of aryl methyl sites for hydroxylation is 1. The van der Waals surface area contributed by atoms with Crippen LogP contribution in [0.15, 0.2) is 48.4 Å². The largest absolute Gasteiger partial charge is 0.497 e. The van der Waals surface area contributed by atoms with E-state index in [-0.39, 0.29) is 24.3 Å². The van der Waals surface area contributed by atoms with Crippen LogP contribution in [0.25, 0.3) is 17.0 Å². The Balaban J connectivity index is 1.59. The molecule has 1 aromatic heterocycles. The smallest absolute Gasteiger partial charge is 0.344 e. The Morgan fingerprint density at radius 3 is 2.66 bits per heavy atom. The summed E-state index contributed by atoms with van der Waals surface area (Å²) in [5, 5.41) is 0.971. The summed E-state index contributed by atoms with van der Waals surface area (Å²) >= 11 is 0. The number of benzene rings is 2. The Labute approximate surface area is 186 Å². The molecule has 32 heavy (non-hydrogen) atoms. The number of ketones is 1. The number of hydrogen-bond acceptors (Lipinski definition) is 6. The summed E-state index contributed by atoms with van der Waals surface area (Å²) in [5.41, 5.74) is 2.36. The van der Waals surface area contributed by atoms with Gasteiger partial charge in [0, 0.05) is 35.3 Å². The third kappa shape index (κ3) is 4.19. The third-order valence-electron chi connectivity index (χ3n) is 5.11. The standard InChI is InChI=1S/C25H25NO6/c1-5-26-13-16(20-11-17(29-4)7-9-21(20)26)10-23-25(28)19-8-6-18(12-22(19)32-23)30-14-24(27)31-15(2)3/h6-13,15H,5,14H2,1-4H3/b23-10-. The summed E-state index contributed by atoms with van der Waals surface area (Å²) in [6.07, 6.45) is 3.53. The van der Waals surface area contributed by atoms with E-state index in [1.54, 1.807) is 45.2 Å². The van der Waals surface area contributed by atoms with Crippen LogP contribution in [-0.2, 0) is 16.1 Å². The molecular weight excluding hydrogens is 410 g/mol. The summed E-state index contributed by atoms with van der Waals surface area (Å²) in [7, 11) is 1.62. The second-order valence-electron chi connectivity index (χ2n) is 7.68. The number of aromatic nitrogens is 1. The number of carbonyl (C=O) groups is 2. The normalized spacial score (nSPS) is 14.0. The van der Waals surface area contributed by atoms with E-state index in [2.05, 4.69) is 11.5 Å². The molecule has 0 radical (unpaired) electrons. The molecule has 1 aliphatic rings. The van der Waals surface area contributed by atoms with E-state index in [0.29, 0.717) is 17.1 Å². The Hall–Kier alpha value is -3.74. The van der Waals surface area contributed by atoms with Gasteiger partial charge in [-0.3, -0.25) is 4.79 Å². The molecular formula is C25H25NO6. The topological polar surface area (TPSA) is 76.0 Å². The zero-order valence-electron chi connectivity index (χ0n) is 18.5. The molecule has 166 valence electrons. The van der Waals surface area contributed by atoms with Crippen LogP contribution < -0.4 is 14.2 Å². The zero-order valence-corrected chi connectivity index (χ0v) is 18.5. The van der Waals surface area contributed by atoms with Crippen molar-refractivity contribution in [1.82, 2.24) is 4.57 Å². The Morgan fingerprint density at radius 1 is 1.16 bits per heavy atom. The predicted molar refractivity (Wildman–Crippen MR) is 120 cm³/mol. The van der Waals surface area contributed by atoms with Gasteiger partial charge in [-0.25, -0.2) is 4.79 Å². The number of esters is 1. The quantitative estimate of drug-likeness (QED) is 0.398. The number of allylic oxidation sites excluding steroid dienone is 1. The second kappa shape index (κ2) is 8.78. The van der Waals surface area contributed by atoms with Crippen LogP contribution >= 0.6 is 0 Å². The lowest BCUT2D eigenvalue weighted by Crippen LogP contribution is -2.18. The summed E-state index contributed by atoms with van der Waals surface area (Å²) < 4.78 is 23.9. The van der Waals surface area contributed by atoms with E-state index in [0.717, 1.165) is 28.8 Å². The van der Waals surface area contributed by atoms with Crippen LogP contribution in [0.2, 0.25) is 0 Å². The molecule has 1 aliphatic heterocycles. The number of Topliss-reactive ketones (excluding diaryl/α,β-unsaturated/α-hetero) is 1. The SMILES string of the molecule is CCn1cc(/C=C2\Oc3cc(OCC(=O)OC(C)C)ccc3C2=O)c2cc(OC)ccc21. The predicted octanol–water partition coefficient (Wildman–Crippen LogP) is 4.62. The minimum absolute atomic E-state index is 0.203. The molecule has 0 bridgehead atoms. The van der Waals surface area contributed by atoms with Crippen molar-refractivity contribution < 1.29 is 28.5 Å². The van der Waals surface area contributed by atoms with Crippen LogP contribution in [0.1, 0.15) is 36.7 Å². The van der Waals surface area contributed by atoms with Gasteiger partial charge in [-0.15, -0.1) is 0 Å². The van der Waals surface area contributed by atoms with Gasteiger partial charge in [0.15, 0.2) is 12.4 Å². The molecule has 0 spiro atoms. The minimum atomic E-state index is -0.458. The van der Waals surface area contributed by atoms with Gasteiger partial charge >= 0.3 is 5.97 Å². The highest BCUT2D eigenvalue weighted by atomic mass is 16.6. The van der Waals surface area contributed by atoms with Gasteiger partial charge in [-0.1, -0.05) is 0 Å². The van der Waals surface area contributed by atoms with Gasteiger partial charge in [0.25, 0.3) is 0 Å². The second-order valence-corrected chi connectivity index (χ2v) is 7.68. The Morgan fingerprint density at radius 2 is 1.94 bits per heavy atom. The van der Waals surface area contributed by atoms with Gasteiger partial charge in [-0.05, 0) is 57.2 Å². The van der Waals surface area contributed by atoms with Crippen LogP contribution in [-0.4, -0.2) is 36.1 Å². The van der Waals surface area contributed by atoms with Crippen LogP contribution in [0.3, 0.4) is 0 Å². The maximum Gasteiger partial charge on any atom is 0.344 e. The molecule has 7 heteroatoms. The molecule has 0 fully saturated rings. The lowest BCUT2D eigenvalue weighted by Gasteiger charge is -2.09. The number of nitrogens with zero attached hydrogens (tertiary/aromatic N) is 1. The molecule has 7 nitrogen and oxygen atoms in total. The number of hydrogen-bond donors (Lipinski definition) is 0. The van der Waals surface area contributed by atoms with Gasteiger partial charge in [0.1, 0.15) is 17.2 Å². The minimum Gasteiger partial charge on any atom is -0.497 e. The molecule has 2 aromatic carbocycles. The summed E-state index contributed by atoms with van der Waals surface area (Å²) in [6.45, 7) is 6.18. The highest BCUT2D eigenvalue weighted by molar-refractivity contribution is 6.15. The van der Waals surface area contributed by atoms with E-state index < -0.39 is 5.97 Å². The van der Waals surface area contributed by atoms with Crippen molar-refractivity contribution in [2.45, 2.75) is 33.4 Å². The van der Waals surface area contributed by atoms with Crippen molar-refractivity contribution in [2.24, 2.45) is 0 Å². The fourth-order valence-electron chi connectivity index (χ4n) is 3.64. The van der Waals surface area contributed by atoms with Crippen LogP contribution in [0.4, 0.5) is 0 Å². The number of ether oxygens (including phenoxy) is 4. The molecule has 0 unspecified atom stereocenters. The van der Waals surface area contributed by atoms with E-state index in [9.17, 15) is 9.59 Å². The molecule has 0 N–H and O–H groups in total. The molecule has 3 aromatic rings. The summed E-state index contributed by atoms with van der Waals surface area (Å²) in [6, 6.07) is 10.7.